The second-order valence-corrected chi connectivity index (χ2v) is 8.85. The molecular weight excluding hydrogens is 362 g/mol. The number of nitrogens with one attached hydrogen (secondary N) is 1. The highest BCUT2D eigenvalue weighted by molar-refractivity contribution is 7.92. The van der Waals surface area contributed by atoms with Gasteiger partial charge in [0.05, 0.1) is 4.90 Å². The summed E-state index contributed by atoms with van der Waals surface area (Å²) in [5, 5.41) is 0. The number of sulfonamides is 1. The molecule has 27 heavy (non-hydrogen) atoms. The molecule has 0 unspecified atom stereocenters. The summed E-state index contributed by atoms with van der Waals surface area (Å²) in [4.78, 5) is 16.8. The highest BCUT2D eigenvalue weighted by Crippen LogP contribution is 2.21. The van der Waals surface area contributed by atoms with Crippen LogP contribution in [0.3, 0.4) is 0 Å². The van der Waals surface area contributed by atoms with Crippen molar-refractivity contribution in [1.29, 1.82) is 0 Å². The van der Waals surface area contributed by atoms with Gasteiger partial charge in [0.1, 0.15) is 0 Å². The largest absolute Gasteiger partial charge is 0.338 e. The van der Waals surface area contributed by atoms with E-state index in [0.717, 1.165) is 26.1 Å². The average Bonchev–Trinajstić information content (AvgIpc) is 3.09. The highest BCUT2D eigenvalue weighted by Gasteiger charge is 2.27. The van der Waals surface area contributed by atoms with Gasteiger partial charge in [0, 0.05) is 30.9 Å². The number of benzene rings is 2. The smallest absolute Gasteiger partial charge is 0.261 e. The van der Waals surface area contributed by atoms with Crippen molar-refractivity contribution in [1.82, 2.24) is 9.80 Å². The molecule has 1 fully saturated rings. The molecule has 144 valence electrons. The van der Waals surface area contributed by atoms with Crippen LogP contribution in [0.1, 0.15) is 16.8 Å². The number of nitrogens with zero attached hydrogens (tertiary/aromatic N) is 2. The zero-order valence-corrected chi connectivity index (χ0v) is 16.4. The number of hydrogen-bond donors (Lipinski definition) is 1. The van der Waals surface area contributed by atoms with E-state index in [0.29, 0.717) is 17.2 Å². The number of para-hydroxylation sites is 1. The van der Waals surface area contributed by atoms with Crippen LogP contribution in [-0.4, -0.2) is 57.9 Å². The van der Waals surface area contributed by atoms with Gasteiger partial charge in [-0.05, 0) is 62.8 Å². The van der Waals surface area contributed by atoms with Gasteiger partial charge in [-0.15, -0.1) is 0 Å². The van der Waals surface area contributed by atoms with Gasteiger partial charge in [-0.25, -0.2) is 8.42 Å². The summed E-state index contributed by atoms with van der Waals surface area (Å²) in [5.74, 6) is 0.440. The molecular formula is C20H25N3O3S. The Balaban J connectivity index is 1.67. The molecule has 1 amide bonds. The minimum atomic E-state index is -3.68. The topological polar surface area (TPSA) is 69.7 Å². The number of carbonyl (C=O) groups is 1. The molecule has 0 aliphatic carbocycles. The minimum Gasteiger partial charge on any atom is -0.338 e. The first-order chi connectivity index (χ1) is 12.8. The van der Waals surface area contributed by atoms with Crippen molar-refractivity contribution in [3.05, 3.63) is 60.2 Å². The van der Waals surface area contributed by atoms with E-state index in [2.05, 4.69) is 9.62 Å². The predicted molar refractivity (Wildman–Crippen MR) is 106 cm³/mol. The maximum Gasteiger partial charge on any atom is 0.261 e. The van der Waals surface area contributed by atoms with E-state index in [4.69, 9.17) is 0 Å². The van der Waals surface area contributed by atoms with Crippen molar-refractivity contribution in [3.63, 3.8) is 0 Å². The van der Waals surface area contributed by atoms with Crippen LogP contribution in [0.2, 0.25) is 0 Å². The van der Waals surface area contributed by atoms with Gasteiger partial charge in [0.15, 0.2) is 0 Å². The zero-order valence-electron chi connectivity index (χ0n) is 15.6. The monoisotopic (exact) mass is 387 g/mol. The molecule has 3 rings (SSSR count). The van der Waals surface area contributed by atoms with Crippen LogP contribution in [0.15, 0.2) is 59.5 Å². The van der Waals surface area contributed by atoms with Crippen molar-refractivity contribution in [3.8, 4) is 0 Å². The summed E-state index contributed by atoms with van der Waals surface area (Å²) >= 11 is 0. The molecule has 1 N–H and O–H groups in total. The summed E-state index contributed by atoms with van der Waals surface area (Å²) in [6.07, 6.45) is 0.997. The maximum absolute atomic E-state index is 12.7. The number of likely N-dealkylation sites (tertiary alicyclic amines) is 1. The molecule has 1 heterocycles. The van der Waals surface area contributed by atoms with Crippen molar-refractivity contribution < 1.29 is 13.2 Å². The lowest BCUT2D eigenvalue weighted by molar-refractivity contribution is 0.0785. The van der Waals surface area contributed by atoms with E-state index in [1.807, 2.05) is 25.1 Å². The molecule has 0 spiro atoms. The lowest BCUT2D eigenvalue weighted by Gasteiger charge is -2.18. The molecule has 0 radical (unpaired) electrons. The summed E-state index contributed by atoms with van der Waals surface area (Å²) < 4.78 is 27.5. The minimum absolute atomic E-state index is 0.0452. The van der Waals surface area contributed by atoms with Crippen LogP contribution in [0.4, 0.5) is 5.69 Å². The fourth-order valence-electron chi connectivity index (χ4n) is 3.36. The van der Waals surface area contributed by atoms with Crippen LogP contribution in [0.25, 0.3) is 0 Å². The molecule has 7 heteroatoms. The highest BCUT2D eigenvalue weighted by atomic mass is 32.2. The molecule has 0 saturated carbocycles. The maximum atomic E-state index is 12.7. The SMILES string of the molecule is CN(C)C[C@H]1CCN(C(=O)c2ccc(S(=O)(=O)Nc3ccccc3)cc2)C1. The number of amides is 1. The van der Waals surface area contributed by atoms with Gasteiger partial charge >= 0.3 is 0 Å². The van der Waals surface area contributed by atoms with Crippen LogP contribution in [-0.2, 0) is 10.0 Å². The molecule has 0 aromatic heterocycles. The second-order valence-electron chi connectivity index (χ2n) is 7.16. The number of anilines is 1. The molecule has 1 saturated heterocycles. The Morgan fingerprint density at radius 1 is 1.11 bits per heavy atom. The summed E-state index contributed by atoms with van der Waals surface area (Å²) in [7, 11) is 0.392. The molecule has 1 atom stereocenters. The number of carbonyl (C=O) groups excluding carboxylic acids is 1. The van der Waals surface area contributed by atoms with Gasteiger partial charge < -0.3 is 9.80 Å². The second kappa shape index (κ2) is 8.10. The van der Waals surface area contributed by atoms with Crippen LogP contribution in [0, 0.1) is 5.92 Å². The molecule has 2 aromatic rings. The Bertz CT molecular complexity index is 880. The number of hydrogen-bond acceptors (Lipinski definition) is 4. The fourth-order valence-corrected chi connectivity index (χ4v) is 4.42. The van der Waals surface area contributed by atoms with E-state index in [9.17, 15) is 13.2 Å². The Kier molecular flexibility index (Phi) is 5.82. The Morgan fingerprint density at radius 2 is 1.78 bits per heavy atom. The van der Waals surface area contributed by atoms with Gasteiger partial charge in [-0.3, -0.25) is 9.52 Å². The lowest BCUT2D eigenvalue weighted by Crippen LogP contribution is -2.30. The first-order valence-electron chi connectivity index (χ1n) is 8.97. The van der Waals surface area contributed by atoms with E-state index in [1.54, 1.807) is 36.4 Å². The Labute approximate surface area is 160 Å². The predicted octanol–water partition coefficient (Wildman–Crippen LogP) is 2.51. The van der Waals surface area contributed by atoms with Gasteiger partial charge in [0.25, 0.3) is 15.9 Å². The van der Waals surface area contributed by atoms with E-state index >= 15 is 0 Å². The molecule has 6 nitrogen and oxygen atoms in total. The third-order valence-electron chi connectivity index (χ3n) is 4.63. The standard InChI is InChI=1S/C20H25N3O3S/c1-22(2)14-16-12-13-23(15-16)20(24)17-8-10-19(11-9-17)27(25,26)21-18-6-4-3-5-7-18/h3-11,16,21H,12-15H2,1-2H3/t16-/m1/s1. The lowest BCUT2D eigenvalue weighted by atomic mass is 10.1. The molecule has 2 aromatic carbocycles. The Morgan fingerprint density at radius 3 is 2.41 bits per heavy atom. The van der Waals surface area contributed by atoms with Gasteiger partial charge in [0.2, 0.25) is 0 Å². The van der Waals surface area contributed by atoms with Gasteiger partial charge in [-0.2, -0.15) is 0 Å². The van der Waals surface area contributed by atoms with Crippen molar-refractivity contribution in [2.24, 2.45) is 5.92 Å². The molecule has 1 aliphatic rings. The zero-order chi connectivity index (χ0) is 19.4. The first kappa shape index (κ1) is 19.4. The fraction of sp³-hybridized carbons (Fsp3) is 0.350. The van der Waals surface area contributed by atoms with Crippen LogP contribution in [0.5, 0.6) is 0 Å². The average molecular weight is 388 g/mol. The summed E-state index contributed by atoms with van der Waals surface area (Å²) in [5.41, 5.74) is 1.01. The number of rotatable bonds is 6. The van der Waals surface area contributed by atoms with Gasteiger partial charge in [-0.1, -0.05) is 18.2 Å². The van der Waals surface area contributed by atoms with Crippen LogP contribution < -0.4 is 4.72 Å². The van der Waals surface area contributed by atoms with Crippen LogP contribution >= 0.6 is 0 Å². The van der Waals surface area contributed by atoms with Crippen molar-refractivity contribution in [2.75, 3.05) is 38.5 Å². The first-order valence-corrected chi connectivity index (χ1v) is 10.5. The molecule has 1 aliphatic heterocycles. The quantitative estimate of drug-likeness (QED) is 0.827. The van der Waals surface area contributed by atoms with E-state index < -0.39 is 10.0 Å². The third kappa shape index (κ3) is 4.87. The summed E-state index contributed by atoms with van der Waals surface area (Å²) in [6, 6.07) is 14.8. The third-order valence-corrected chi connectivity index (χ3v) is 6.03. The van der Waals surface area contributed by atoms with Crippen molar-refractivity contribution in [2.45, 2.75) is 11.3 Å². The van der Waals surface area contributed by atoms with Crippen molar-refractivity contribution >= 4 is 21.6 Å². The normalized spacial score (nSPS) is 17.3. The summed E-state index contributed by atoms with van der Waals surface area (Å²) in [6.45, 7) is 2.45. The Hall–Kier alpha value is -2.38. The van der Waals surface area contributed by atoms with E-state index in [1.165, 1.54) is 12.1 Å². The van der Waals surface area contributed by atoms with E-state index in [-0.39, 0.29) is 10.8 Å². The molecule has 0 bridgehead atoms.